The first-order chi connectivity index (χ1) is 12.0. The fourth-order valence-electron chi connectivity index (χ4n) is 2.35. The second-order valence-electron chi connectivity index (χ2n) is 5.57. The van der Waals surface area contributed by atoms with Crippen LogP contribution in [0.25, 0.3) is 0 Å². The standard InChI is InChI=1S/C17H19N5O2S/c1-4-22-8-7-14(21-22)19-17-18-9-13(25-17)16(24)20-15-10(2)5-6-12(23)11(15)3/h5-9,23H,4H2,1-3H3,(H,20,24)(H,18,19,21). The highest BCUT2D eigenvalue weighted by molar-refractivity contribution is 7.17. The molecule has 7 nitrogen and oxygen atoms in total. The van der Waals surface area contributed by atoms with Gasteiger partial charge in [-0.25, -0.2) is 4.98 Å². The van der Waals surface area contributed by atoms with Gasteiger partial charge >= 0.3 is 0 Å². The molecule has 0 fully saturated rings. The quantitative estimate of drug-likeness (QED) is 0.648. The van der Waals surface area contributed by atoms with Gasteiger partial charge in [-0.15, -0.1) is 0 Å². The molecule has 2 heterocycles. The maximum Gasteiger partial charge on any atom is 0.267 e. The first kappa shape index (κ1) is 17.0. The molecule has 0 saturated heterocycles. The van der Waals surface area contributed by atoms with Crippen LogP contribution in [-0.4, -0.2) is 25.8 Å². The summed E-state index contributed by atoms with van der Waals surface area (Å²) >= 11 is 1.24. The fraction of sp³-hybridized carbons (Fsp3) is 0.235. The lowest BCUT2D eigenvalue weighted by atomic mass is 10.1. The Bertz CT molecular complexity index is 916. The Balaban J connectivity index is 1.74. The largest absolute Gasteiger partial charge is 0.508 e. The maximum absolute atomic E-state index is 12.5. The molecule has 0 saturated carbocycles. The second kappa shape index (κ2) is 6.94. The van der Waals surface area contributed by atoms with Crippen LogP contribution in [0, 0.1) is 13.8 Å². The highest BCUT2D eigenvalue weighted by Crippen LogP contribution is 2.29. The number of phenolic OH excluding ortho intramolecular Hbond substituents is 1. The lowest BCUT2D eigenvalue weighted by Crippen LogP contribution is -2.12. The molecule has 0 aliphatic rings. The molecule has 0 aliphatic heterocycles. The van der Waals surface area contributed by atoms with Gasteiger partial charge < -0.3 is 15.7 Å². The summed E-state index contributed by atoms with van der Waals surface area (Å²) in [6.07, 6.45) is 3.39. The van der Waals surface area contributed by atoms with Crippen molar-refractivity contribution in [3.8, 4) is 5.75 Å². The number of phenols is 1. The number of rotatable bonds is 5. The Morgan fingerprint density at radius 1 is 1.32 bits per heavy atom. The van der Waals surface area contributed by atoms with Gasteiger partial charge in [0.15, 0.2) is 10.9 Å². The van der Waals surface area contributed by atoms with E-state index in [-0.39, 0.29) is 11.7 Å². The highest BCUT2D eigenvalue weighted by Gasteiger charge is 2.15. The third-order valence-electron chi connectivity index (χ3n) is 3.81. The summed E-state index contributed by atoms with van der Waals surface area (Å²) in [7, 11) is 0. The highest BCUT2D eigenvalue weighted by atomic mass is 32.1. The van der Waals surface area contributed by atoms with Gasteiger partial charge in [-0.05, 0) is 32.4 Å². The number of aromatic nitrogens is 3. The van der Waals surface area contributed by atoms with Crippen molar-refractivity contribution in [2.75, 3.05) is 10.6 Å². The Morgan fingerprint density at radius 3 is 2.84 bits per heavy atom. The molecule has 0 spiro atoms. The Hall–Kier alpha value is -2.87. The molecule has 0 unspecified atom stereocenters. The Morgan fingerprint density at radius 2 is 2.12 bits per heavy atom. The average molecular weight is 357 g/mol. The van der Waals surface area contributed by atoms with E-state index in [1.165, 1.54) is 17.5 Å². The fourth-order valence-corrected chi connectivity index (χ4v) is 3.07. The number of aryl methyl sites for hydroxylation is 2. The number of amides is 1. The minimum atomic E-state index is -0.263. The number of nitrogens with zero attached hydrogens (tertiary/aromatic N) is 3. The molecule has 130 valence electrons. The summed E-state index contributed by atoms with van der Waals surface area (Å²) in [6.45, 7) is 6.44. The first-order valence-electron chi connectivity index (χ1n) is 7.84. The lowest BCUT2D eigenvalue weighted by Gasteiger charge is -2.11. The third-order valence-corrected chi connectivity index (χ3v) is 4.72. The molecule has 1 aromatic carbocycles. The molecule has 0 bridgehead atoms. The number of aromatic hydroxyl groups is 1. The van der Waals surface area contributed by atoms with Gasteiger partial charge in [0.1, 0.15) is 10.6 Å². The monoisotopic (exact) mass is 357 g/mol. The topological polar surface area (TPSA) is 92.1 Å². The number of benzene rings is 1. The number of thiazole rings is 1. The van der Waals surface area contributed by atoms with Crippen molar-refractivity contribution in [2.45, 2.75) is 27.3 Å². The van der Waals surface area contributed by atoms with E-state index >= 15 is 0 Å². The number of carbonyl (C=O) groups excluding carboxylic acids is 1. The molecule has 3 rings (SSSR count). The molecular formula is C17H19N5O2S. The van der Waals surface area contributed by atoms with Crippen molar-refractivity contribution >= 4 is 33.9 Å². The average Bonchev–Trinajstić information content (AvgIpc) is 3.25. The zero-order valence-electron chi connectivity index (χ0n) is 14.2. The van der Waals surface area contributed by atoms with E-state index in [2.05, 4.69) is 20.7 Å². The summed E-state index contributed by atoms with van der Waals surface area (Å²) in [5.74, 6) is 0.573. The SMILES string of the molecule is CCn1ccc(Nc2ncc(C(=O)Nc3c(C)ccc(O)c3C)s2)n1. The van der Waals surface area contributed by atoms with Crippen molar-refractivity contribution in [1.82, 2.24) is 14.8 Å². The van der Waals surface area contributed by atoms with Crippen LogP contribution in [0.1, 0.15) is 27.7 Å². The molecule has 25 heavy (non-hydrogen) atoms. The van der Waals surface area contributed by atoms with E-state index in [1.54, 1.807) is 23.7 Å². The molecule has 8 heteroatoms. The van der Waals surface area contributed by atoms with E-state index in [1.807, 2.05) is 26.1 Å². The van der Waals surface area contributed by atoms with Crippen LogP contribution in [0.3, 0.4) is 0 Å². The summed E-state index contributed by atoms with van der Waals surface area (Å²) in [6, 6.07) is 5.23. The van der Waals surface area contributed by atoms with Gasteiger partial charge in [0.2, 0.25) is 0 Å². The predicted octanol–water partition coefficient (Wildman–Crippen LogP) is 3.68. The van der Waals surface area contributed by atoms with Crippen molar-refractivity contribution in [3.63, 3.8) is 0 Å². The third kappa shape index (κ3) is 3.63. The van der Waals surface area contributed by atoms with E-state index in [9.17, 15) is 9.90 Å². The lowest BCUT2D eigenvalue weighted by molar-refractivity contribution is 0.103. The van der Waals surface area contributed by atoms with Gasteiger partial charge in [-0.3, -0.25) is 9.48 Å². The number of hydrogen-bond donors (Lipinski definition) is 3. The van der Waals surface area contributed by atoms with Crippen molar-refractivity contribution in [3.05, 3.63) is 46.6 Å². The number of nitrogens with one attached hydrogen (secondary N) is 2. The molecule has 1 amide bonds. The molecule has 0 atom stereocenters. The van der Waals surface area contributed by atoms with Crippen LogP contribution in [0.15, 0.2) is 30.6 Å². The van der Waals surface area contributed by atoms with Crippen LogP contribution in [-0.2, 0) is 6.54 Å². The second-order valence-corrected chi connectivity index (χ2v) is 6.60. The first-order valence-corrected chi connectivity index (χ1v) is 8.66. The van der Waals surface area contributed by atoms with Crippen molar-refractivity contribution in [1.29, 1.82) is 0 Å². The van der Waals surface area contributed by atoms with Gasteiger partial charge in [-0.2, -0.15) is 5.10 Å². The zero-order chi connectivity index (χ0) is 18.0. The minimum Gasteiger partial charge on any atom is -0.508 e. The summed E-state index contributed by atoms with van der Waals surface area (Å²) in [5, 5.41) is 20.7. The molecule has 0 radical (unpaired) electrons. The molecular weight excluding hydrogens is 338 g/mol. The van der Waals surface area contributed by atoms with E-state index in [0.717, 1.165) is 12.1 Å². The van der Waals surface area contributed by atoms with Crippen molar-refractivity contribution in [2.24, 2.45) is 0 Å². The Labute approximate surface area is 149 Å². The summed E-state index contributed by atoms with van der Waals surface area (Å²) in [4.78, 5) is 17.2. The van der Waals surface area contributed by atoms with Gasteiger partial charge in [0.25, 0.3) is 5.91 Å². The summed E-state index contributed by atoms with van der Waals surface area (Å²) < 4.78 is 1.80. The molecule has 0 aliphatic carbocycles. The normalized spacial score (nSPS) is 10.7. The van der Waals surface area contributed by atoms with E-state index in [4.69, 9.17) is 0 Å². The van der Waals surface area contributed by atoms with E-state index < -0.39 is 0 Å². The zero-order valence-corrected chi connectivity index (χ0v) is 15.0. The van der Waals surface area contributed by atoms with Crippen LogP contribution >= 0.6 is 11.3 Å². The number of anilines is 3. The van der Waals surface area contributed by atoms with Gasteiger partial charge in [0.05, 0.1) is 11.9 Å². The van der Waals surface area contributed by atoms with Crippen LogP contribution in [0.4, 0.5) is 16.6 Å². The van der Waals surface area contributed by atoms with Crippen LogP contribution in [0.5, 0.6) is 5.75 Å². The number of hydrogen-bond acceptors (Lipinski definition) is 6. The molecule has 3 aromatic rings. The van der Waals surface area contributed by atoms with Crippen LogP contribution < -0.4 is 10.6 Å². The Kier molecular flexibility index (Phi) is 4.71. The van der Waals surface area contributed by atoms with Gasteiger partial charge in [0, 0.05) is 24.4 Å². The maximum atomic E-state index is 12.5. The van der Waals surface area contributed by atoms with E-state index in [0.29, 0.717) is 27.1 Å². The predicted molar refractivity (Wildman–Crippen MR) is 98.8 cm³/mol. The van der Waals surface area contributed by atoms with Crippen molar-refractivity contribution < 1.29 is 9.90 Å². The number of carbonyl (C=O) groups is 1. The summed E-state index contributed by atoms with van der Waals surface area (Å²) in [5.41, 5.74) is 2.15. The smallest absolute Gasteiger partial charge is 0.267 e. The molecule has 2 aromatic heterocycles. The minimum absolute atomic E-state index is 0.152. The molecule has 3 N–H and O–H groups in total. The van der Waals surface area contributed by atoms with Crippen LogP contribution in [0.2, 0.25) is 0 Å². The van der Waals surface area contributed by atoms with Gasteiger partial charge in [-0.1, -0.05) is 17.4 Å².